The molecule has 0 fully saturated rings. The molecule has 0 aromatic rings. The minimum Gasteiger partial charge on any atom is -0.356 e. The Labute approximate surface area is 286 Å². The van der Waals surface area contributed by atoms with Gasteiger partial charge in [-0.1, -0.05) is 220 Å². The maximum Gasteiger partial charge on any atom is 0.101 e. The van der Waals surface area contributed by atoms with Crippen molar-refractivity contribution < 1.29 is 0 Å². The molecule has 1 atom stereocenters. The fourth-order valence-electron chi connectivity index (χ4n) is 7.49. The van der Waals surface area contributed by atoms with E-state index in [0.29, 0.717) is 6.17 Å². The van der Waals surface area contributed by atoms with Gasteiger partial charge >= 0.3 is 0 Å². The van der Waals surface area contributed by atoms with Crippen molar-refractivity contribution in [2.24, 2.45) is 0 Å². The second kappa shape index (κ2) is 34.7. The molecular formula is C43H86N2. The molecule has 1 aliphatic heterocycles. The topological polar surface area (TPSA) is 6.48 Å². The highest BCUT2D eigenvalue weighted by Crippen LogP contribution is 2.23. The van der Waals surface area contributed by atoms with Crippen LogP contribution in [0.2, 0.25) is 0 Å². The van der Waals surface area contributed by atoms with Crippen LogP contribution in [0.3, 0.4) is 0 Å². The van der Waals surface area contributed by atoms with Crippen LogP contribution < -0.4 is 0 Å². The molecule has 0 aromatic carbocycles. The first-order valence-electron chi connectivity index (χ1n) is 21.5. The fraction of sp³-hybridized carbons (Fsp3) is 0.953. The van der Waals surface area contributed by atoms with Crippen LogP contribution in [0.4, 0.5) is 0 Å². The summed E-state index contributed by atoms with van der Waals surface area (Å²) in [5.74, 6) is 0. The first kappa shape index (κ1) is 42.4. The lowest BCUT2D eigenvalue weighted by molar-refractivity contribution is 0.137. The molecule has 0 saturated heterocycles. The standard InChI is InChI=1S/C43H86N2/c1-4-7-9-11-13-15-17-19-21-23-24-26-28-30-32-34-36-38-43-44(39-6-3)41-42-45(43)40-37-35-33-31-29-27-25-22-20-18-16-14-12-10-8-5-2/h41-43H,4-40H2,1-3H3. The van der Waals surface area contributed by atoms with Crippen LogP contribution in [0, 0.1) is 0 Å². The highest BCUT2D eigenvalue weighted by molar-refractivity contribution is 4.96. The molecule has 268 valence electrons. The molecule has 1 aliphatic rings. The first-order valence-corrected chi connectivity index (χ1v) is 21.5. The predicted octanol–water partition coefficient (Wildman–Crippen LogP) is 15.1. The summed E-state index contributed by atoms with van der Waals surface area (Å²) in [4.78, 5) is 5.32. The Hall–Kier alpha value is -0.660. The van der Waals surface area contributed by atoms with Gasteiger partial charge in [-0.15, -0.1) is 0 Å². The third-order valence-corrected chi connectivity index (χ3v) is 10.5. The molecule has 1 heterocycles. The van der Waals surface area contributed by atoms with E-state index in [1.807, 2.05) is 0 Å². The molecule has 0 aliphatic carbocycles. The van der Waals surface area contributed by atoms with Gasteiger partial charge in [0.05, 0.1) is 0 Å². The summed E-state index contributed by atoms with van der Waals surface area (Å²) in [5.41, 5.74) is 0. The van der Waals surface area contributed by atoms with E-state index in [4.69, 9.17) is 0 Å². The minimum absolute atomic E-state index is 0.637. The van der Waals surface area contributed by atoms with Crippen molar-refractivity contribution in [3.63, 3.8) is 0 Å². The largest absolute Gasteiger partial charge is 0.356 e. The smallest absolute Gasteiger partial charge is 0.101 e. The lowest BCUT2D eigenvalue weighted by Gasteiger charge is -2.33. The molecule has 1 rings (SSSR count). The number of hydrogen-bond donors (Lipinski definition) is 0. The zero-order valence-electron chi connectivity index (χ0n) is 31.8. The maximum atomic E-state index is 2.69. The van der Waals surface area contributed by atoms with E-state index < -0.39 is 0 Å². The van der Waals surface area contributed by atoms with Gasteiger partial charge in [0.1, 0.15) is 6.17 Å². The third kappa shape index (κ3) is 27.0. The molecule has 0 amide bonds. The summed E-state index contributed by atoms with van der Waals surface area (Å²) in [6, 6.07) is 0. The fourth-order valence-corrected chi connectivity index (χ4v) is 7.49. The molecule has 0 aromatic heterocycles. The number of rotatable bonds is 37. The van der Waals surface area contributed by atoms with Gasteiger partial charge in [-0.05, 0) is 25.7 Å². The summed E-state index contributed by atoms with van der Waals surface area (Å²) in [7, 11) is 0. The minimum atomic E-state index is 0.637. The number of unbranched alkanes of at least 4 members (excludes halogenated alkanes) is 31. The molecule has 0 radical (unpaired) electrons. The van der Waals surface area contributed by atoms with Gasteiger partial charge in [0, 0.05) is 25.5 Å². The third-order valence-electron chi connectivity index (χ3n) is 10.5. The van der Waals surface area contributed by atoms with E-state index in [2.05, 4.69) is 43.0 Å². The number of hydrogen-bond acceptors (Lipinski definition) is 2. The van der Waals surface area contributed by atoms with Gasteiger partial charge in [-0.3, -0.25) is 0 Å². The molecule has 1 unspecified atom stereocenters. The van der Waals surface area contributed by atoms with Gasteiger partial charge in [-0.25, -0.2) is 0 Å². The van der Waals surface area contributed by atoms with Gasteiger partial charge in [-0.2, -0.15) is 0 Å². The van der Waals surface area contributed by atoms with Gasteiger partial charge in [0.25, 0.3) is 0 Å². The Bertz CT molecular complexity index is 586. The summed E-state index contributed by atoms with van der Waals surface area (Å²) < 4.78 is 0. The van der Waals surface area contributed by atoms with Crippen molar-refractivity contribution in [1.29, 1.82) is 0 Å². The quantitative estimate of drug-likeness (QED) is 0.0630. The average Bonchev–Trinajstić information content (AvgIpc) is 3.43. The van der Waals surface area contributed by atoms with Crippen LogP contribution in [0.15, 0.2) is 12.4 Å². The Morgan fingerprint density at radius 1 is 0.289 bits per heavy atom. The SMILES string of the molecule is CCCCCCCCCCCCCCCCCCCC1N(CCC)C=CN1CCCCCCCCCCCCCCCCCC. The van der Waals surface area contributed by atoms with Gasteiger partial charge in [0.15, 0.2) is 0 Å². The normalized spacial score (nSPS) is 14.8. The molecule has 0 saturated carbocycles. The summed E-state index contributed by atoms with van der Waals surface area (Å²) in [6.45, 7) is 9.43. The van der Waals surface area contributed by atoms with Gasteiger partial charge < -0.3 is 9.80 Å². The molecule has 0 N–H and O–H groups in total. The zero-order valence-corrected chi connectivity index (χ0v) is 31.8. The Morgan fingerprint density at radius 2 is 0.556 bits per heavy atom. The predicted molar refractivity (Wildman–Crippen MR) is 205 cm³/mol. The van der Waals surface area contributed by atoms with E-state index in [9.17, 15) is 0 Å². The number of nitrogens with zero attached hydrogens (tertiary/aromatic N) is 2. The second-order valence-electron chi connectivity index (χ2n) is 15.0. The lowest BCUT2D eigenvalue weighted by atomic mass is 10.0. The van der Waals surface area contributed by atoms with Gasteiger partial charge in [0.2, 0.25) is 0 Å². The van der Waals surface area contributed by atoms with Crippen molar-refractivity contribution in [3.8, 4) is 0 Å². The second-order valence-corrected chi connectivity index (χ2v) is 15.0. The van der Waals surface area contributed by atoms with Crippen LogP contribution >= 0.6 is 0 Å². The molecule has 0 bridgehead atoms. The van der Waals surface area contributed by atoms with E-state index in [0.717, 1.165) is 0 Å². The van der Waals surface area contributed by atoms with E-state index in [1.54, 1.807) is 0 Å². The van der Waals surface area contributed by atoms with E-state index >= 15 is 0 Å². The van der Waals surface area contributed by atoms with Crippen molar-refractivity contribution >= 4 is 0 Å². The molecule has 45 heavy (non-hydrogen) atoms. The zero-order chi connectivity index (χ0) is 32.3. The molecule has 0 spiro atoms. The summed E-state index contributed by atoms with van der Waals surface area (Å²) >= 11 is 0. The molecular weight excluding hydrogens is 544 g/mol. The molecule has 2 heteroatoms. The highest BCUT2D eigenvalue weighted by Gasteiger charge is 2.24. The Morgan fingerprint density at radius 3 is 0.867 bits per heavy atom. The lowest BCUT2D eigenvalue weighted by Crippen LogP contribution is -2.39. The highest BCUT2D eigenvalue weighted by atomic mass is 15.4. The van der Waals surface area contributed by atoms with E-state index in [1.165, 1.54) is 238 Å². The van der Waals surface area contributed by atoms with E-state index in [-0.39, 0.29) is 0 Å². The van der Waals surface area contributed by atoms with Crippen LogP contribution in [-0.2, 0) is 0 Å². The summed E-state index contributed by atoms with van der Waals surface area (Å²) in [5, 5.41) is 0. The van der Waals surface area contributed by atoms with Crippen molar-refractivity contribution in [2.75, 3.05) is 13.1 Å². The summed E-state index contributed by atoms with van der Waals surface area (Å²) in [6.07, 6.45) is 56.1. The van der Waals surface area contributed by atoms with Crippen LogP contribution in [-0.4, -0.2) is 29.1 Å². The van der Waals surface area contributed by atoms with Crippen molar-refractivity contribution in [1.82, 2.24) is 9.80 Å². The monoisotopic (exact) mass is 631 g/mol. The van der Waals surface area contributed by atoms with Crippen molar-refractivity contribution in [2.45, 2.75) is 252 Å². The average molecular weight is 631 g/mol. The van der Waals surface area contributed by atoms with Crippen LogP contribution in [0.5, 0.6) is 0 Å². The Kier molecular flexibility index (Phi) is 32.6. The maximum absolute atomic E-state index is 2.69. The van der Waals surface area contributed by atoms with Crippen LogP contribution in [0.25, 0.3) is 0 Å². The Balaban J connectivity index is 1.94. The van der Waals surface area contributed by atoms with Crippen molar-refractivity contribution in [3.05, 3.63) is 12.4 Å². The first-order chi connectivity index (χ1) is 22.3. The molecule has 2 nitrogen and oxygen atoms in total. The van der Waals surface area contributed by atoms with Crippen LogP contribution in [0.1, 0.15) is 245 Å².